The minimum absolute atomic E-state index is 0.180. The van der Waals surface area contributed by atoms with E-state index >= 15 is 0 Å². The molecule has 1 aliphatic heterocycles. The number of nitrogens with one attached hydrogen (secondary N) is 2. The Balaban J connectivity index is 1.67. The van der Waals surface area contributed by atoms with Crippen molar-refractivity contribution in [2.24, 2.45) is 0 Å². The van der Waals surface area contributed by atoms with Gasteiger partial charge in [-0.2, -0.15) is 13.2 Å². The fourth-order valence-corrected chi connectivity index (χ4v) is 4.25. The van der Waals surface area contributed by atoms with Gasteiger partial charge in [0.05, 0.1) is 30.0 Å². The minimum atomic E-state index is -4.57. The molecule has 2 aromatic carbocycles. The molecule has 4 rings (SSSR count). The van der Waals surface area contributed by atoms with Crippen molar-refractivity contribution in [1.29, 1.82) is 0 Å². The molecule has 0 bridgehead atoms. The van der Waals surface area contributed by atoms with Crippen molar-refractivity contribution in [2.75, 3.05) is 43.5 Å². The third kappa shape index (κ3) is 7.08. The number of hydrogen-bond acceptors (Lipinski definition) is 7. The van der Waals surface area contributed by atoms with Crippen molar-refractivity contribution in [2.45, 2.75) is 32.5 Å². The molecule has 1 aromatic heterocycles. The molecule has 2 heterocycles. The maximum Gasteiger partial charge on any atom is 0.417 e. The highest BCUT2D eigenvalue weighted by Crippen LogP contribution is 2.36. The quantitative estimate of drug-likeness (QED) is 0.258. The number of ether oxygens (including phenoxy) is 2. The lowest BCUT2D eigenvalue weighted by Gasteiger charge is -2.18. The Morgan fingerprint density at radius 2 is 2.05 bits per heavy atom. The first-order valence-corrected chi connectivity index (χ1v) is 12.9. The molecule has 1 fully saturated rings. The zero-order valence-electron chi connectivity index (χ0n) is 22.2. The van der Waals surface area contributed by atoms with Crippen LogP contribution in [0.2, 0.25) is 0 Å². The molecule has 0 spiro atoms. The van der Waals surface area contributed by atoms with Gasteiger partial charge in [-0.05, 0) is 37.4 Å². The van der Waals surface area contributed by atoms with Gasteiger partial charge in [-0.25, -0.2) is 9.97 Å². The van der Waals surface area contributed by atoms with Gasteiger partial charge in [0, 0.05) is 41.7 Å². The van der Waals surface area contributed by atoms with E-state index in [2.05, 4.69) is 45.3 Å². The number of halogens is 3. The van der Waals surface area contributed by atoms with Crippen LogP contribution >= 0.6 is 0 Å². The number of likely N-dealkylation sites (N-methyl/N-ethyl adjacent to an activating group) is 1. The fraction of sp³-hybridized carbons (Fsp3) is 0.345. The fourth-order valence-electron chi connectivity index (χ4n) is 4.25. The van der Waals surface area contributed by atoms with E-state index in [1.54, 1.807) is 18.2 Å². The summed E-state index contributed by atoms with van der Waals surface area (Å²) in [5.74, 6) is 2.49. The summed E-state index contributed by atoms with van der Waals surface area (Å²) >= 11 is 0. The Morgan fingerprint density at radius 1 is 1.25 bits per heavy atom. The Labute approximate surface area is 230 Å². The van der Waals surface area contributed by atoms with Crippen LogP contribution < -0.4 is 15.4 Å². The molecule has 0 saturated carbocycles. The number of amides is 1. The monoisotopic (exact) mass is 553 g/mol. The molecule has 0 radical (unpaired) electrons. The Hall–Kier alpha value is -4.14. The zero-order chi connectivity index (χ0) is 28.7. The van der Waals surface area contributed by atoms with Crippen molar-refractivity contribution in [1.82, 2.24) is 14.9 Å². The number of carbonyl (C=O) groups excluding carboxylic acids is 1. The summed E-state index contributed by atoms with van der Waals surface area (Å²) in [7, 11) is 0. The molecular formula is C29H30F3N5O3. The van der Waals surface area contributed by atoms with Crippen molar-refractivity contribution in [3.05, 3.63) is 59.9 Å². The minimum Gasteiger partial charge on any atom is -0.486 e. The number of anilines is 3. The van der Waals surface area contributed by atoms with Crippen LogP contribution in [0.1, 0.15) is 31.4 Å². The van der Waals surface area contributed by atoms with E-state index in [-0.39, 0.29) is 17.6 Å². The summed E-state index contributed by atoms with van der Waals surface area (Å²) in [4.78, 5) is 23.6. The van der Waals surface area contributed by atoms with Crippen LogP contribution in [0.3, 0.4) is 0 Å². The Morgan fingerprint density at radius 3 is 2.73 bits per heavy atom. The number of terminal acetylenes is 1. The van der Waals surface area contributed by atoms with Crippen LogP contribution in [0, 0.1) is 12.3 Å². The van der Waals surface area contributed by atoms with E-state index < -0.39 is 11.7 Å². The zero-order valence-corrected chi connectivity index (χ0v) is 22.2. The van der Waals surface area contributed by atoms with Gasteiger partial charge in [-0.3, -0.25) is 4.79 Å². The second-order valence-electron chi connectivity index (χ2n) is 9.10. The smallest absolute Gasteiger partial charge is 0.417 e. The molecule has 1 amide bonds. The van der Waals surface area contributed by atoms with Crippen molar-refractivity contribution >= 4 is 34.0 Å². The van der Waals surface area contributed by atoms with Gasteiger partial charge in [0.1, 0.15) is 24.0 Å². The molecular weight excluding hydrogens is 523 g/mol. The maximum atomic E-state index is 13.3. The number of nitrogens with zero attached hydrogens (tertiary/aromatic N) is 3. The molecule has 3 aromatic rings. The number of carbonyl (C=O) groups is 1. The molecule has 1 aliphatic rings. The van der Waals surface area contributed by atoms with Crippen LogP contribution in [0.4, 0.5) is 30.4 Å². The first-order chi connectivity index (χ1) is 19.2. The number of fused-ring (bicyclic) bond motifs is 1. The molecule has 1 unspecified atom stereocenters. The molecule has 40 heavy (non-hydrogen) atoms. The van der Waals surface area contributed by atoms with E-state index in [0.29, 0.717) is 60.0 Å². The summed E-state index contributed by atoms with van der Waals surface area (Å²) in [5, 5.41) is 6.42. The summed E-state index contributed by atoms with van der Waals surface area (Å²) < 4.78 is 51.4. The average Bonchev–Trinajstić information content (AvgIpc) is 3.44. The molecule has 1 atom stereocenters. The molecule has 1 saturated heterocycles. The predicted molar refractivity (Wildman–Crippen MR) is 148 cm³/mol. The highest BCUT2D eigenvalue weighted by atomic mass is 19.4. The number of rotatable bonds is 10. The summed E-state index contributed by atoms with van der Waals surface area (Å²) in [6.45, 7) is 7.48. The van der Waals surface area contributed by atoms with E-state index in [1.807, 2.05) is 0 Å². The van der Waals surface area contributed by atoms with E-state index in [0.717, 1.165) is 19.2 Å². The molecule has 2 N–H and O–H groups in total. The van der Waals surface area contributed by atoms with Crippen LogP contribution in [0.15, 0.2) is 48.8 Å². The van der Waals surface area contributed by atoms with Gasteiger partial charge in [0.15, 0.2) is 0 Å². The largest absolute Gasteiger partial charge is 0.486 e. The van der Waals surface area contributed by atoms with Crippen LogP contribution in [-0.2, 0) is 15.7 Å². The standard InChI is InChI=1S/C29H30F3N5O3/c1-4-19-14-20(9-10-23(19)29(30,31)32)35-28-22-15-25(36-27(38)8-7-12-37(5-2)6-3)26(16-24(22)33-18-34-28)40-21-11-13-39-17-21/h1,7-10,14-16,18,21H,5-6,11-13,17H2,2-3H3,(H,36,38)(H,33,34,35). The molecule has 0 aliphatic carbocycles. The van der Waals surface area contributed by atoms with Gasteiger partial charge in [0.2, 0.25) is 5.91 Å². The SMILES string of the molecule is C#Cc1cc(Nc2ncnc3cc(OC4CCOC4)c(NC(=O)C=CCN(CC)CC)cc23)ccc1C(F)(F)F. The van der Waals surface area contributed by atoms with Gasteiger partial charge in [0.25, 0.3) is 0 Å². The lowest BCUT2D eigenvalue weighted by molar-refractivity contribution is -0.137. The normalized spacial score (nSPS) is 15.5. The van der Waals surface area contributed by atoms with Gasteiger partial charge in [-0.1, -0.05) is 25.8 Å². The average molecular weight is 554 g/mol. The van der Waals surface area contributed by atoms with Crippen molar-refractivity contribution in [3.8, 4) is 18.1 Å². The first-order valence-electron chi connectivity index (χ1n) is 12.9. The Kier molecular flexibility index (Phi) is 9.24. The molecule has 210 valence electrons. The third-order valence-electron chi connectivity index (χ3n) is 6.45. The van der Waals surface area contributed by atoms with Crippen LogP contribution in [0.5, 0.6) is 5.75 Å². The van der Waals surface area contributed by atoms with E-state index in [4.69, 9.17) is 15.9 Å². The maximum absolute atomic E-state index is 13.3. The number of benzene rings is 2. The highest BCUT2D eigenvalue weighted by molar-refractivity contribution is 6.03. The van der Waals surface area contributed by atoms with Crippen LogP contribution in [-0.4, -0.2) is 59.7 Å². The van der Waals surface area contributed by atoms with Crippen LogP contribution in [0.25, 0.3) is 10.9 Å². The third-order valence-corrected chi connectivity index (χ3v) is 6.45. The predicted octanol–water partition coefficient (Wildman–Crippen LogP) is 5.38. The first kappa shape index (κ1) is 28.9. The van der Waals surface area contributed by atoms with E-state index in [1.165, 1.54) is 24.5 Å². The number of alkyl halides is 3. The van der Waals surface area contributed by atoms with Gasteiger partial charge in [-0.15, -0.1) is 6.42 Å². The highest BCUT2D eigenvalue weighted by Gasteiger charge is 2.33. The van der Waals surface area contributed by atoms with Gasteiger partial charge >= 0.3 is 6.18 Å². The van der Waals surface area contributed by atoms with Crippen molar-refractivity contribution in [3.63, 3.8) is 0 Å². The van der Waals surface area contributed by atoms with Gasteiger partial charge < -0.3 is 25.0 Å². The Bertz CT molecular complexity index is 1420. The second kappa shape index (κ2) is 12.8. The summed E-state index contributed by atoms with van der Waals surface area (Å²) in [5.41, 5.74) is 0.0194. The lowest BCUT2D eigenvalue weighted by Crippen LogP contribution is -2.23. The second-order valence-corrected chi connectivity index (χ2v) is 9.10. The lowest BCUT2D eigenvalue weighted by atomic mass is 10.1. The van der Waals surface area contributed by atoms with E-state index in [9.17, 15) is 18.0 Å². The number of hydrogen-bond donors (Lipinski definition) is 2. The topological polar surface area (TPSA) is 88.6 Å². The number of aromatic nitrogens is 2. The summed E-state index contributed by atoms with van der Waals surface area (Å²) in [6.07, 6.45) is 5.88. The molecule has 8 nitrogen and oxygen atoms in total. The molecule has 11 heteroatoms. The summed E-state index contributed by atoms with van der Waals surface area (Å²) in [6, 6.07) is 6.80. The van der Waals surface area contributed by atoms with Crippen molar-refractivity contribution < 1.29 is 27.4 Å².